The largest absolute Gasteiger partial charge is 0.497 e. The van der Waals surface area contributed by atoms with Crippen LogP contribution in [-0.2, 0) is 6.54 Å². The molecule has 0 atom stereocenters. The highest BCUT2D eigenvalue weighted by Crippen LogP contribution is 2.10. The average Bonchev–Trinajstić information content (AvgIpc) is 2.46. The molecule has 19 heavy (non-hydrogen) atoms. The Morgan fingerprint density at radius 1 is 1.32 bits per heavy atom. The average molecular weight is 263 g/mol. The van der Waals surface area contributed by atoms with Crippen molar-refractivity contribution in [3.8, 4) is 5.75 Å². The lowest BCUT2D eigenvalue weighted by Gasteiger charge is -2.21. The number of ether oxygens (including phenoxy) is 1. The number of nitrogens with zero attached hydrogens (tertiary/aromatic N) is 2. The molecule has 1 N–H and O–H groups in total. The van der Waals surface area contributed by atoms with E-state index in [2.05, 4.69) is 41.3 Å². The summed E-state index contributed by atoms with van der Waals surface area (Å²) in [7, 11) is 5.57. The van der Waals surface area contributed by atoms with Crippen LogP contribution in [0.1, 0.15) is 25.3 Å². The first kappa shape index (κ1) is 15.3. The molecule has 4 nitrogen and oxygen atoms in total. The second kappa shape index (κ2) is 8.40. The fourth-order valence-electron chi connectivity index (χ4n) is 1.81. The minimum absolute atomic E-state index is 0.771. The van der Waals surface area contributed by atoms with Gasteiger partial charge in [-0.25, -0.2) is 0 Å². The lowest BCUT2D eigenvalue weighted by molar-refractivity contribution is 0.414. The van der Waals surface area contributed by atoms with Crippen molar-refractivity contribution in [3.63, 3.8) is 0 Å². The maximum absolute atomic E-state index is 5.15. The second-order valence-electron chi connectivity index (χ2n) is 4.52. The molecule has 106 valence electrons. The molecule has 0 bridgehead atoms. The van der Waals surface area contributed by atoms with E-state index < -0.39 is 0 Å². The normalized spacial score (nSPS) is 11.3. The fraction of sp³-hybridized carbons (Fsp3) is 0.533. The molecule has 0 aliphatic carbocycles. The van der Waals surface area contributed by atoms with Crippen LogP contribution in [0, 0.1) is 0 Å². The third-order valence-electron chi connectivity index (χ3n) is 3.03. The van der Waals surface area contributed by atoms with E-state index >= 15 is 0 Å². The highest BCUT2D eigenvalue weighted by Gasteiger charge is 2.04. The molecule has 1 rings (SSSR count). The summed E-state index contributed by atoms with van der Waals surface area (Å²) in [6, 6.07) is 8.07. The SMILES string of the molecule is CCCCN(C)C(=NC)NCc1ccc(OC)cc1. The van der Waals surface area contributed by atoms with E-state index in [1.165, 1.54) is 18.4 Å². The van der Waals surface area contributed by atoms with Gasteiger partial charge < -0.3 is 15.0 Å². The molecule has 0 aliphatic rings. The van der Waals surface area contributed by atoms with Crippen molar-refractivity contribution in [2.45, 2.75) is 26.3 Å². The molecule has 0 heterocycles. The third kappa shape index (κ3) is 5.20. The fourth-order valence-corrected chi connectivity index (χ4v) is 1.81. The molecule has 0 unspecified atom stereocenters. The van der Waals surface area contributed by atoms with E-state index in [1.54, 1.807) is 7.11 Å². The number of unbranched alkanes of at least 4 members (excludes halogenated alkanes) is 1. The number of benzene rings is 1. The standard InChI is InChI=1S/C15H25N3O/c1-5-6-11-18(3)15(16-2)17-12-13-7-9-14(19-4)10-8-13/h7-10H,5-6,11-12H2,1-4H3,(H,16,17). The summed E-state index contributed by atoms with van der Waals surface area (Å²) in [6.45, 7) is 3.99. The molecule has 0 aliphatic heterocycles. The number of hydrogen-bond donors (Lipinski definition) is 1. The molecule has 0 fully saturated rings. The van der Waals surface area contributed by atoms with Gasteiger partial charge in [0.15, 0.2) is 5.96 Å². The minimum atomic E-state index is 0.771. The van der Waals surface area contributed by atoms with Crippen LogP contribution in [0.3, 0.4) is 0 Å². The van der Waals surface area contributed by atoms with Crippen LogP contribution in [0.2, 0.25) is 0 Å². The monoisotopic (exact) mass is 263 g/mol. The third-order valence-corrected chi connectivity index (χ3v) is 3.03. The van der Waals surface area contributed by atoms with E-state index in [9.17, 15) is 0 Å². The summed E-state index contributed by atoms with van der Waals surface area (Å²) in [6.07, 6.45) is 2.37. The van der Waals surface area contributed by atoms with Gasteiger partial charge in [0.2, 0.25) is 0 Å². The molecule has 0 spiro atoms. The molecule has 4 heteroatoms. The Labute approximate surface area is 116 Å². The maximum atomic E-state index is 5.15. The summed E-state index contributed by atoms with van der Waals surface area (Å²) < 4.78 is 5.15. The molecule has 1 aromatic carbocycles. The summed E-state index contributed by atoms with van der Waals surface area (Å²) >= 11 is 0. The summed E-state index contributed by atoms with van der Waals surface area (Å²) in [5, 5.41) is 3.37. The van der Waals surface area contributed by atoms with Crippen LogP contribution in [-0.4, -0.2) is 38.6 Å². The molecule has 0 amide bonds. The quantitative estimate of drug-likeness (QED) is 0.633. The molecule has 1 aromatic rings. The lowest BCUT2D eigenvalue weighted by Crippen LogP contribution is -2.38. The zero-order valence-corrected chi connectivity index (χ0v) is 12.4. The van der Waals surface area contributed by atoms with Crippen molar-refractivity contribution < 1.29 is 4.74 Å². The maximum Gasteiger partial charge on any atom is 0.193 e. The molecule has 0 radical (unpaired) electrons. The highest BCUT2D eigenvalue weighted by molar-refractivity contribution is 5.79. The zero-order valence-electron chi connectivity index (χ0n) is 12.4. The Balaban J connectivity index is 2.48. The first-order chi connectivity index (χ1) is 9.21. The predicted molar refractivity (Wildman–Crippen MR) is 80.7 cm³/mol. The lowest BCUT2D eigenvalue weighted by atomic mass is 10.2. The number of guanidine groups is 1. The summed E-state index contributed by atoms with van der Waals surface area (Å²) in [5.41, 5.74) is 1.21. The van der Waals surface area contributed by atoms with Gasteiger partial charge in [-0.3, -0.25) is 4.99 Å². The van der Waals surface area contributed by atoms with Crippen LogP contribution in [0.5, 0.6) is 5.75 Å². The molecule has 0 saturated heterocycles. The van der Waals surface area contributed by atoms with Crippen LogP contribution < -0.4 is 10.1 Å². The number of rotatable bonds is 6. The Hall–Kier alpha value is -1.71. The molecule has 0 saturated carbocycles. The van der Waals surface area contributed by atoms with Crippen LogP contribution in [0.15, 0.2) is 29.3 Å². The Bertz CT molecular complexity index is 387. The Morgan fingerprint density at radius 2 is 2.00 bits per heavy atom. The number of nitrogens with one attached hydrogen (secondary N) is 1. The molecular formula is C15H25N3O. The van der Waals surface area contributed by atoms with Gasteiger partial charge in [-0.1, -0.05) is 25.5 Å². The van der Waals surface area contributed by atoms with Gasteiger partial charge >= 0.3 is 0 Å². The first-order valence-electron chi connectivity index (χ1n) is 6.76. The molecule has 0 aromatic heterocycles. The predicted octanol–water partition coefficient (Wildman–Crippen LogP) is 2.50. The van der Waals surface area contributed by atoms with Crippen molar-refractivity contribution in [2.24, 2.45) is 4.99 Å². The van der Waals surface area contributed by atoms with Crippen molar-refractivity contribution in [2.75, 3.05) is 27.7 Å². The minimum Gasteiger partial charge on any atom is -0.497 e. The highest BCUT2D eigenvalue weighted by atomic mass is 16.5. The number of methoxy groups -OCH3 is 1. The van der Waals surface area contributed by atoms with Crippen molar-refractivity contribution in [1.82, 2.24) is 10.2 Å². The van der Waals surface area contributed by atoms with Gasteiger partial charge in [0, 0.05) is 27.2 Å². The van der Waals surface area contributed by atoms with Crippen LogP contribution in [0.4, 0.5) is 0 Å². The molecular weight excluding hydrogens is 238 g/mol. The number of aliphatic imine (C=N–C) groups is 1. The van der Waals surface area contributed by atoms with E-state index in [0.29, 0.717) is 0 Å². The second-order valence-corrected chi connectivity index (χ2v) is 4.52. The summed E-state index contributed by atoms with van der Waals surface area (Å²) in [5.74, 6) is 1.82. The van der Waals surface area contributed by atoms with Crippen molar-refractivity contribution >= 4 is 5.96 Å². The van der Waals surface area contributed by atoms with E-state index in [4.69, 9.17) is 4.74 Å². The van der Waals surface area contributed by atoms with Gasteiger partial charge in [-0.05, 0) is 24.1 Å². The van der Waals surface area contributed by atoms with E-state index in [1.807, 2.05) is 19.2 Å². The Kier molecular flexibility index (Phi) is 6.79. The van der Waals surface area contributed by atoms with Crippen LogP contribution >= 0.6 is 0 Å². The summed E-state index contributed by atoms with van der Waals surface area (Å²) in [4.78, 5) is 6.46. The van der Waals surface area contributed by atoms with Crippen molar-refractivity contribution in [1.29, 1.82) is 0 Å². The number of hydrogen-bond acceptors (Lipinski definition) is 2. The first-order valence-corrected chi connectivity index (χ1v) is 6.76. The van der Waals surface area contributed by atoms with Crippen molar-refractivity contribution in [3.05, 3.63) is 29.8 Å². The van der Waals surface area contributed by atoms with Gasteiger partial charge in [-0.2, -0.15) is 0 Å². The van der Waals surface area contributed by atoms with Gasteiger partial charge in [0.1, 0.15) is 5.75 Å². The topological polar surface area (TPSA) is 36.9 Å². The van der Waals surface area contributed by atoms with Gasteiger partial charge in [0.25, 0.3) is 0 Å². The van der Waals surface area contributed by atoms with Crippen LogP contribution in [0.25, 0.3) is 0 Å². The smallest absolute Gasteiger partial charge is 0.193 e. The van der Waals surface area contributed by atoms with Gasteiger partial charge in [0.05, 0.1) is 7.11 Å². The Morgan fingerprint density at radius 3 is 2.53 bits per heavy atom. The van der Waals surface area contributed by atoms with E-state index in [-0.39, 0.29) is 0 Å². The van der Waals surface area contributed by atoms with E-state index in [0.717, 1.165) is 24.8 Å². The van der Waals surface area contributed by atoms with Gasteiger partial charge in [-0.15, -0.1) is 0 Å². The zero-order chi connectivity index (χ0) is 14.1.